The van der Waals surface area contributed by atoms with E-state index in [1.165, 1.54) is 6.26 Å². The number of hydrogen-bond acceptors (Lipinski definition) is 3. The maximum Gasteiger partial charge on any atom is 0.221 e. The highest BCUT2D eigenvalue weighted by molar-refractivity contribution is 6.30. The standard InChI is InChI=1S/C19H17ClN2O2/c20-16-8-4-7-15(11-16)18(14-5-2-1-3-6-14)12-19(23)21-13-17-9-10-24-22-17/h1-11,18H,12-13H2,(H,21,23)/t18-/m1/s1. The van der Waals surface area contributed by atoms with E-state index in [-0.39, 0.29) is 11.8 Å². The van der Waals surface area contributed by atoms with E-state index >= 15 is 0 Å². The van der Waals surface area contributed by atoms with E-state index in [2.05, 4.69) is 10.5 Å². The molecule has 1 N–H and O–H groups in total. The Bertz CT molecular complexity index is 788. The first-order valence-corrected chi connectivity index (χ1v) is 8.06. The first kappa shape index (κ1) is 16.3. The molecule has 24 heavy (non-hydrogen) atoms. The Morgan fingerprint density at radius 2 is 1.88 bits per heavy atom. The maximum atomic E-state index is 12.4. The summed E-state index contributed by atoms with van der Waals surface area (Å²) >= 11 is 6.12. The van der Waals surface area contributed by atoms with Crippen LogP contribution in [0.25, 0.3) is 0 Å². The van der Waals surface area contributed by atoms with Crippen LogP contribution in [-0.4, -0.2) is 11.1 Å². The van der Waals surface area contributed by atoms with Crippen LogP contribution in [-0.2, 0) is 11.3 Å². The minimum absolute atomic E-state index is 0.0492. The minimum Gasteiger partial charge on any atom is -0.364 e. The van der Waals surface area contributed by atoms with Gasteiger partial charge in [-0.05, 0) is 23.3 Å². The lowest BCUT2D eigenvalue weighted by Crippen LogP contribution is -2.25. The van der Waals surface area contributed by atoms with Gasteiger partial charge in [0.15, 0.2) is 0 Å². The van der Waals surface area contributed by atoms with E-state index < -0.39 is 0 Å². The molecular weight excluding hydrogens is 324 g/mol. The zero-order chi connectivity index (χ0) is 16.8. The van der Waals surface area contributed by atoms with E-state index in [4.69, 9.17) is 16.1 Å². The lowest BCUT2D eigenvalue weighted by molar-refractivity contribution is -0.121. The number of amides is 1. The van der Waals surface area contributed by atoms with Crippen LogP contribution < -0.4 is 5.32 Å². The molecule has 1 heterocycles. The van der Waals surface area contributed by atoms with E-state index in [0.717, 1.165) is 11.1 Å². The number of aromatic nitrogens is 1. The van der Waals surface area contributed by atoms with Crippen molar-refractivity contribution in [1.29, 1.82) is 0 Å². The highest BCUT2D eigenvalue weighted by Gasteiger charge is 2.18. The summed E-state index contributed by atoms with van der Waals surface area (Å²) in [4.78, 5) is 12.4. The number of nitrogens with one attached hydrogen (secondary N) is 1. The number of carbonyl (C=O) groups is 1. The van der Waals surface area contributed by atoms with Crippen LogP contribution in [0.3, 0.4) is 0 Å². The van der Waals surface area contributed by atoms with Gasteiger partial charge in [-0.3, -0.25) is 4.79 Å². The van der Waals surface area contributed by atoms with Crippen LogP contribution in [0.1, 0.15) is 29.2 Å². The lowest BCUT2D eigenvalue weighted by Gasteiger charge is -2.18. The Balaban J connectivity index is 1.76. The lowest BCUT2D eigenvalue weighted by atomic mass is 9.88. The van der Waals surface area contributed by atoms with Gasteiger partial charge >= 0.3 is 0 Å². The average molecular weight is 341 g/mol. The second kappa shape index (κ2) is 7.79. The van der Waals surface area contributed by atoms with Crippen molar-refractivity contribution in [2.75, 3.05) is 0 Å². The van der Waals surface area contributed by atoms with Gasteiger partial charge in [-0.1, -0.05) is 59.2 Å². The summed E-state index contributed by atoms with van der Waals surface area (Å²) in [5, 5.41) is 7.33. The molecule has 0 unspecified atom stereocenters. The molecule has 1 amide bonds. The number of hydrogen-bond donors (Lipinski definition) is 1. The third-order valence-corrected chi connectivity index (χ3v) is 4.04. The fraction of sp³-hybridized carbons (Fsp3) is 0.158. The minimum atomic E-state index is -0.0535. The molecule has 0 aliphatic heterocycles. The average Bonchev–Trinajstić information content (AvgIpc) is 3.12. The van der Waals surface area contributed by atoms with Crippen LogP contribution in [0.4, 0.5) is 0 Å². The molecule has 0 aliphatic carbocycles. The molecule has 0 bridgehead atoms. The number of halogens is 1. The van der Waals surface area contributed by atoms with Gasteiger partial charge in [0.2, 0.25) is 5.91 Å². The molecule has 0 aliphatic rings. The Morgan fingerprint density at radius 1 is 1.08 bits per heavy atom. The van der Waals surface area contributed by atoms with Crippen molar-refractivity contribution in [1.82, 2.24) is 10.5 Å². The maximum absolute atomic E-state index is 12.4. The van der Waals surface area contributed by atoms with Gasteiger partial charge in [0.1, 0.15) is 12.0 Å². The summed E-state index contributed by atoms with van der Waals surface area (Å²) in [5.74, 6) is -0.103. The molecule has 0 saturated heterocycles. The summed E-state index contributed by atoms with van der Waals surface area (Å²) in [7, 11) is 0. The Hall–Kier alpha value is -2.59. The van der Waals surface area contributed by atoms with E-state index in [9.17, 15) is 4.79 Å². The van der Waals surface area contributed by atoms with Crippen molar-refractivity contribution in [3.8, 4) is 0 Å². The van der Waals surface area contributed by atoms with Crippen molar-refractivity contribution in [3.05, 3.63) is 88.8 Å². The molecule has 0 fully saturated rings. The van der Waals surface area contributed by atoms with Crippen LogP contribution in [0.5, 0.6) is 0 Å². The summed E-state index contributed by atoms with van der Waals surface area (Å²) < 4.78 is 4.76. The van der Waals surface area contributed by atoms with E-state index in [0.29, 0.717) is 23.7 Å². The van der Waals surface area contributed by atoms with Gasteiger partial charge in [0, 0.05) is 23.4 Å². The topological polar surface area (TPSA) is 55.1 Å². The van der Waals surface area contributed by atoms with Crippen molar-refractivity contribution in [3.63, 3.8) is 0 Å². The quantitative estimate of drug-likeness (QED) is 0.732. The Morgan fingerprint density at radius 3 is 2.58 bits per heavy atom. The SMILES string of the molecule is O=C(C[C@H](c1ccccc1)c1cccc(Cl)c1)NCc1ccon1. The molecular formula is C19H17ClN2O2. The van der Waals surface area contributed by atoms with E-state index in [1.807, 2.05) is 54.6 Å². The highest BCUT2D eigenvalue weighted by Crippen LogP contribution is 2.29. The normalized spacial score (nSPS) is 11.9. The van der Waals surface area contributed by atoms with Gasteiger partial charge in [0.05, 0.1) is 6.54 Å². The molecule has 0 saturated carbocycles. The molecule has 2 aromatic carbocycles. The Kier molecular flexibility index (Phi) is 5.29. The fourth-order valence-electron chi connectivity index (χ4n) is 2.61. The van der Waals surface area contributed by atoms with Crippen LogP contribution in [0, 0.1) is 0 Å². The largest absolute Gasteiger partial charge is 0.364 e. The third-order valence-electron chi connectivity index (χ3n) is 3.80. The smallest absolute Gasteiger partial charge is 0.221 e. The van der Waals surface area contributed by atoms with Gasteiger partial charge < -0.3 is 9.84 Å². The molecule has 0 radical (unpaired) electrons. The molecule has 0 spiro atoms. The highest BCUT2D eigenvalue weighted by atomic mass is 35.5. The van der Waals surface area contributed by atoms with Crippen LogP contribution >= 0.6 is 11.6 Å². The van der Waals surface area contributed by atoms with E-state index in [1.54, 1.807) is 6.07 Å². The van der Waals surface area contributed by atoms with Gasteiger partial charge in [-0.15, -0.1) is 0 Å². The van der Waals surface area contributed by atoms with Crippen LogP contribution in [0.15, 0.2) is 71.4 Å². The second-order valence-corrected chi connectivity index (χ2v) is 5.93. The predicted molar refractivity (Wildman–Crippen MR) is 92.7 cm³/mol. The summed E-state index contributed by atoms with van der Waals surface area (Å²) in [6.07, 6.45) is 1.82. The fourth-order valence-corrected chi connectivity index (χ4v) is 2.81. The first-order chi connectivity index (χ1) is 11.7. The molecule has 122 valence electrons. The van der Waals surface area contributed by atoms with Gasteiger partial charge in [0.25, 0.3) is 0 Å². The molecule has 4 nitrogen and oxygen atoms in total. The first-order valence-electron chi connectivity index (χ1n) is 7.69. The number of carbonyl (C=O) groups excluding carboxylic acids is 1. The zero-order valence-corrected chi connectivity index (χ0v) is 13.7. The third kappa shape index (κ3) is 4.24. The van der Waals surface area contributed by atoms with Crippen molar-refractivity contribution < 1.29 is 9.32 Å². The zero-order valence-electron chi connectivity index (χ0n) is 13.0. The molecule has 5 heteroatoms. The number of rotatable bonds is 6. The summed E-state index contributed by atoms with van der Waals surface area (Å²) in [5.41, 5.74) is 2.80. The van der Waals surface area contributed by atoms with Crippen molar-refractivity contribution >= 4 is 17.5 Å². The van der Waals surface area contributed by atoms with Crippen molar-refractivity contribution in [2.45, 2.75) is 18.9 Å². The number of nitrogens with zero attached hydrogens (tertiary/aromatic N) is 1. The summed E-state index contributed by atoms with van der Waals surface area (Å²) in [6, 6.07) is 19.3. The Labute approximate surface area is 145 Å². The molecule has 3 rings (SSSR count). The summed E-state index contributed by atoms with van der Waals surface area (Å²) in [6.45, 7) is 0.354. The molecule has 1 aromatic heterocycles. The predicted octanol–water partition coefficient (Wildman–Crippen LogP) is 4.17. The molecule has 3 aromatic rings. The number of benzene rings is 2. The van der Waals surface area contributed by atoms with Gasteiger partial charge in [-0.25, -0.2) is 0 Å². The second-order valence-electron chi connectivity index (χ2n) is 5.49. The van der Waals surface area contributed by atoms with Crippen molar-refractivity contribution in [2.24, 2.45) is 0 Å². The monoisotopic (exact) mass is 340 g/mol. The molecule has 1 atom stereocenters. The van der Waals surface area contributed by atoms with Gasteiger partial charge in [-0.2, -0.15) is 0 Å². The van der Waals surface area contributed by atoms with Crippen LogP contribution in [0.2, 0.25) is 5.02 Å².